The van der Waals surface area contributed by atoms with Gasteiger partial charge < -0.3 is 14.5 Å². The van der Waals surface area contributed by atoms with Gasteiger partial charge in [0, 0.05) is 34.3 Å². The third-order valence-electron chi connectivity index (χ3n) is 5.88. The molecule has 0 atom stereocenters. The van der Waals surface area contributed by atoms with Gasteiger partial charge in [0.05, 0.1) is 12.9 Å². The molecule has 0 saturated heterocycles. The average Bonchev–Trinajstić information content (AvgIpc) is 3.19. The second kappa shape index (κ2) is 9.37. The van der Waals surface area contributed by atoms with Crippen molar-refractivity contribution in [3.8, 4) is 16.9 Å². The highest BCUT2D eigenvalue weighted by Gasteiger charge is 2.15. The zero-order valence-electron chi connectivity index (χ0n) is 19.8. The third kappa shape index (κ3) is 4.85. The van der Waals surface area contributed by atoms with Crippen molar-refractivity contribution in [2.45, 2.75) is 34.6 Å². The summed E-state index contributed by atoms with van der Waals surface area (Å²) in [7, 11) is 0. The van der Waals surface area contributed by atoms with E-state index in [0.29, 0.717) is 12.4 Å². The number of hydrogen-bond donors (Lipinski definition) is 1. The van der Waals surface area contributed by atoms with Gasteiger partial charge in [-0.15, -0.1) is 0 Å². The zero-order valence-corrected chi connectivity index (χ0v) is 19.8. The predicted octanol–water partition coefficient (Wildman–Crippen LogP) is 7.47. The Bertz CT molecular complexity index is 1340. The molecule has 0 radical (unpaired) electrons. The minimum absolute atomic E-state index is 0.177. The number of carbonyl (C=O) groups is 1. The lowest BCUT2D eigenvalue weighted by molar-refractivity contribution is -0.111. The van der Waals surface area contributed by atoms with Crippen LogP contribution in [0.2, 0.25) is 0 Å². The Kier molecular flexibility index (Phi) is 6.36. The topological polar surface area (TPSA) is 51.5 Å². The lowest BCUT2D eigenvalue weighted by Crippen LogP contribution is -2.09. The first kappa shape index (κ1) is 22.4. The van der Waals surface area contributed by atoms with Crippen LogP contribution in [0.5, 0.6) is 5.75 Å². The van der Waals surface area contributed by atoms with Crippen LogP contribution in [0.25, 0.3) is 27.7 Å². The summed E-state index contributed by atoms with van der Waals surface area (Å²) >= 11 is 0. The van der Waals surface area contributed by atoms with E-state index in [1.807, 2.05) is 51.1 Å². The summed E-state index contributed by atoms with van der Waals surface area (Å²) < 4.78 is 11.8. The molecule has 1 heterocycles. The van der Waals surface area contributed by atoms with Crippen LogP contribution in [0.4, 0.5) is 5.69 Å². The quantitative estimate of drug-likeness (QED) is 0.317. The second-order valence-corrected chi connectivity index (χ2v) is 8.41. The number of hydrogen-bond acceptors (Lipinski definition) is 3. The van der Waals surface area contributed by atoms with Crippen molar-refractivity contribution >= 4 is 28.1 Å². The molecule has 33 heavy (non-hydrogen) atoms. The van der Waals surface area contributed by atoms with E-state index < -0.39 is 0 Å². The molecule has 0 bridgehead atoms. The fourth-order valence-electron chi connectivity index (χ4n) is 3.87. The van der Waals surface area contributed by atoms with Crippen LogP contribution in [-0.2, 0) is 4.79 Å². The van der Waals surface area contributed by atoms with Crippen molar-refractivity contribution in [3.63, 3.8) is 0 Å². The maximum atomic E-state index is 12.7. The third-order valence-corrected chi connectivity index (χ3v) is 5.88. The molecule has 4 aromatic rings. The number of allylic oxidation sites excluding steroid dienone is 1. The Morgan fingerprint density at radius 2 is 1.76 bits per heavy atom. The Morgan fingerprint density at radius 3 is 2.45 bits per heavy atom. The number of amides is 1. The fraction of sp³-hybridized carbons (Fsp3) is 0.207. The highest BCUT2D eigenvalue weighted by molar-refractivity contribution is 6.05. The largest absolute Gasteiger partial charge is 0.493 e. The van der Waals surface area contributed by atoms with Crippen LogP contribution in [-0.4, -0.2) is 12.5 Å². The van der Waals surface area contributed by atoms with E-state index in [0.717, 1.165) is 44.5 Å². The summed E-state index contributed by atoms with van der Waals surface area (Å²) in [6.07, 6.45) is 3.39. The molecule has 0 aliphatic rings. The van der Waals surface area contributed by atoms with Crippen molar-refractivity contribution in [2.24, 2.45) is 0 Å². The molecule has 0 saturated carbocycles. The van der Waals surface area contributed by atoms with Gasteiger partial charge in [-0.2, -0.15) is 0 Å². The average molecular weight is 440 g/mol. The van der Waals surface area contributed by atoms with Gasteiger partial charge in [0.25, 0.3) is 0 Å². The van der Waals surface area contributed by atoms with Gasteiger partial charge in [-0.25, -0.2) is 0 Å². The molecule has 4 rings (SSSR count). The number of anilines is 1. The Morgan fingerprint density at radius 1 is 1.00 bits per heavy atom. The first-order valence-electron chi connectivity index (χ1n) is 11.2. The minimum atomic E-state index is -0.177. The monoisotopic (exact) mass is 439 g/mol. The van der Waals surface area contributed by atoms with E-state index in [4.69, 9.17) is 9.15 Å². The number of ether oxygens (including phenoxy) is 1. The van der Waals surface area contributed by atoms with E-state index in [1.54, 1.807) is 12.3 Å². The highest BCUT2D eigenvalue weighted by atomic mass is 16.5. The summed E-state index contributed by atoms with van der Waals surface area (Å²) in [5.74, 6) is 0.520. The molecule has 3 aromatic carbocycles. The molecule has 168 valence electrons. The van der Waals surface area contributed by atoms with E-state index in [-0.39, 0.29) is 5.91 Å². The van der Waals surface area contributed by atoms with Gasteiger partial charge in [-0.05, 0) is 75.1 Å². The zero-order chi connectivity index (χ0) is 23.5. The molecular weight excluding hydrogens is 410 g/mol. The van der Waals surface area contributed by atoms with Crippen LogP contribution in [0.3, 0.4) is 0 Å². The lowest BCUT2D eigenvalue weighted by atomic mass is 9.98. The predicted molar refractivity (Wildman–Crippen MR) is 136 cm³/mol. The van der Waals surface area contributed by atoms with Gasteiger partial charge in [-0.3, -0.25) is 4.79 Å². The Labute approximate surface area is 194 Å². The number of aryl methyl sites for hydroxylation is 3. The van der Waals surface area contributed by atoms with Gasteiger partial charge >= 0.3 is 0 Å². The maximum Gasteiger partial charge on any atom is 0.248 e. The van der Waals surface area contributed by atoms with E-state index in [2.05, 4.69) is 43.4 Å². The van der Waals surface area contributed by atoms with Gasteiger partial charge in [-0.1, -0.05) is 35.9 Å². The van der Waals surface area contributed by atoms with Crippen LogP contribution in [0.15, 0.2) is 71.4 Å². The lowest BCUT2D eigenvalue weighted by Gasteiger charge is -2.12. The minimum Gasteiger partial charge on any atom is -0.493 e. The van der Waals surface area contributed by atoms with Crippen LogP contribution < -0.4 is 10.1 Å². The van der Waals surface area contributed by atoms with Crippen LogP contribution in [0, 0.1) is 20.8 Å². The smallest absolute Gasteiger partial charge is 0.248 e. The molecule has 0 unspecified atom stereocenters. The molecule has 0 spiro atoms. The molecular formula is C29H29NO3. The van der Waals surface area contributed by atoms with E-state index in [1.165, 1.54) is 11.1 Å². The number of carbonyl (C=O) groups excluding carboxylic acids is 1. The highest BCUT2D eigenvalue weighted by Crippen LogP contribution is 2.37. The first-order valence-corrected chi connectivity index (χ1v) is 11.2. The SMILES string of the molecule is CCOc1cc2occ(-c3ccc(C)cc3)c2cc1/C(C)=C/C(=O)Nc1ccc(C)c(C)c1. The summed E-state index contributed by atoms with van der Waals surface area (Å²) in [6, 6.07) is 18.2. The number of nitrogens with one attached hydrogen (secondary N) is 1. The summed E-state index contributed by atoms with van der Waals surface area (Å²) in [6.45, 7) is 10.5. The number of furan rings is 1. The molecule has 1 amide bonds. The first-order chi connectivity index (χ1) is 15.9. The number of rotatable bonds is 6. The Hall–Kier alpha value is -3.79. The van der Waals surface area contributed by atoms with E-state index in [9.17, 15) is 4.79 Å². The van der Waals surface area contributed by atoms with Crippen molar-refractivity contribution < 1.29 is 13.9 Å². The van der Waals surface area contributed by atoms with Crippen molar-refractivity contribution in [1.29, 1.82) is 0 Å². The molecule has 0 aliphatic heterocycles. The fourth-order valence-corrected chi connectivity index (χ4v) is 3.87. The number of fused-ring (bicyclic) bond motifs is 1. The van der Waals surface area contributed by atoms with Crippen molar-refractivity contribution in [1.82, 2.24) is 0 Å². The number of benzene rings is 3. The normalized spacial score (nSPS) is 11.6. The van der Waals surface area contributed by atoms with Crippen LogP contribution in [0.1, 0.15) is 36.1 Å². The van der Waals surface area contributed by atoms with Gasteiger partial charge in [0.2, 0.25) is 5.91 Å². The van der Waals surface area contributed by atoms with Crippen LogP contribution >= 0.6 is 0 Å². The molecule has 0 aliphatic carbocycles. The van der Waals surface area contributed by atoms with Crippen molar-refractivity contribution in [3.05, 3.63) is 89.2 Å². The molecule has 1 aromatic heterocycles. The summed E-state index contributed by atoms with van der Waals surface area (Å²) in [5.41, 5.74) is 8.87. The molecule has 1 N–H and O–H groups in total. The molecule has 0 fully saturated rings. The summed E-state index contributed by atoms with van der Waals surface area (Å²) in [4.78, 5) is 12.7. The van der Waals surface area contributed by atoms with Gasteiger partial charge in [0.1, 0.15) is 11.3 Å². The maximum absolute atomic E-state index is 12.7. The van der Waals surface area contributed by atoms with Crippen molar-refractivity contribution in [2.75, 3.05) is 11.9 Å². The van der Waals surface area contributed by atoms with E-state index >= 15 is 0 Å². The Balaban J connectivity index is 1.71. The van der Waals surface area contributed by atoms with Gasteiger partial charge in [0.15, 0.2) is 0 Å². The summed E-state index contributed by atoms with van der Waals surface area (Å²) in [5, 5.41) is 3.95. The molecule has 4 nitrogen and oxygen atoms in total. The second-order valence-electron chi connectivity index (χ2n) is 8.41. The molecule has 4 heteroatoms. The standard InChI is InChI=1S/C29H29NO3/c1-6-32-27-16-28-25(26(17-33-28)22-10-7-18(2)8-11-22)15-24(27)21(5)14-29(31)30-23-12-9-19(3)20(4)13-23/h7-17H,6H2,1-5H3,(H,30,31)/b21-14+.